The standard InChI is InChI=1S/C16H17Cl3N2O2S/c17-13(15(18)19)14(21(22)23)16(20-9-5-2-6-10-20)24-11-12-7-3-1-4-8-12/h1,3-4,7-8H,2,5-6,9-11H2/b16-14+. The normalized spacial score (nSPS) is 15.7. The summed E-state index contributed by atoms with van der Waals surface area (Å²) in [6.07, 6.45) is 3.12. The van der Waals surface area contributed by atoms with Crippen LogP contribution in [0.4, 0.5) is 0 Å². The Balaban J connectivity index is 2.37. The molecule has 0 spiro atoms. The van der Waals surface area contributed by atoms with Gasteiger partial charge in [-0.25, -0.2) is 0 Å². The van der Waals surface area contributed by atoms with Crippen molar-refractivity contribution in [3.05, 3.63) is 66.3 Å². The molecule has 1 aromatic carbocycles. The van der Waals surface area contributed by atoms with Gasteiger partial charge < -0.3 is 4.90 Å². The summed E-state index contributed by atoms with van der Waals surface area (Å²) in [6.45, 7) is 1.52. The van der Waals surface area contributed by atoms with Crippen molar-refractivity contribution < 1.29 is 4.92 Å². The van der Waals surface area contributed by atoms with Crippen LogP contribution >= 0.6 is 46.6 Å². The minimum atomic E-state index is -0.505. The number of nitro groups is 1. The molecule has 2 rings (SSSR count). The van der Waals surface area contributed by atoms with Crippen LogP contribution in [0.2, 0.25) is 0 Å². The SMILES string of the molecule is O=[N+]([O-])/C(C(Cl)=C(Cl)Cl)=C(/SCc1ccccc1)N1CCCCC1. The molecule has 4 nitrogen and oxygen atoms in total. The van der Waals surface area contributed by atoms with E-state index in [0.29, 0.717) is 10.8 Å². The number of benzene rings is 1. The van der Waals surface area contributed by atoms with Crippen LogP contribution in [-0.4, -0.2) is 22.9 Å². The molecule has 0 saturated carbocycles. The summed E-state index contributed by atoms with van der Waals surface area (Å²) >= 11 is 18.9. The molecular weight excluding hydrogens is 391 g/mol. The van der Waals surface area contributed by atoms with Gasteiger partial charge in [0.25, 0.3) is 0 Å². The zero-order valence-corrected chi connectivity index (χ0v) is 16.0. The van der Waals surface area contributed by atoms with E-state index in [9.17, 15) is 10.1 Å². The number of likely N-dealkylation sites (tertiary alicyclic amines) is 1. The second kappa shape index (κ2) is 9.56. The molecule has 1 aromatic rings. The number of rotatable bonds is 6. The van der Waals surface area contributed by atoms with Gasteiger partial charge in [0.1, 0.15) is 4.49 Å². The summed E-state index contributed by atoms with van der Waals surface area (Å²) in [4.78, 5) is 13.1. The zero-order chi connectivity index (χ0) is 17.5. The van der Waals surface area contributed by atoms with Gasteiger partial charge in [-0.2, -0.15) is 0 Å². The third-order valence-corrected chi connectivity index (χ3v) is 5.76. The molecule has 1 fully saturated rings. The molecule has 0 aromatic heterocycles. The van der Waals surface area contributed by atoms with Crippen LogP contribution in [-0.2, 0) is 5.75 Å². The van der Waals surface area contributed by atoms with Gasteiger partial charge >= 0.3 is 5.70 Å². The highest BCUT2D eigenvalue weighted by atomic mass is 35.5. The Morgan fingerprint density at radius 3 is 2.29 bits per heavy atom. The van der Waals surface area contributed by atoms with Crippen molar-refractivity contribution in [3.8, 4) is 0 Å². The van der Waals surface area contributed by atoms with E-state index in [1.807, 2.05) is 35.2 Å². The first-order valence-electron chi connectivity index (χ1n) is 7.52. The van der Waals surface area contributed by atoms with Crippen LogP contribution in [0.3, 0.4) is 0 Å². The average Bonchev–Trinajstić information content (AvgIpc) is 2.59. The molecule has 1 aliphatic heterocycles. The predicted molar refractivity (Wildman–Crippen MR) is 102 cm³/mol. The largest absolute Gasteiger partial charge is 0.361 e. The second-order valence-corrected chi connectivity index (χ2v) is 7.60. The molecule has 0 unspecified atom stereocenters. The van der Waals surface area contributed by atoms with Gasteiger partial charge in [-0.05, 0) is 24.8 Å². The van der Waals surface area contributed by atoms with Crippen molar-refractivity contribution in [3.63, 3.8) is 0 Å². The Hall–Kier alpha value is -0.880. The number of thioether (sulfide) groups is 1. The molecule has 130 valence electrons. The summed E-state index contributed by atoms with van der Waals surface area (Å²) in [5.41, 5.74) is 0.858. The summed E-state index contributed by atoms with van der Waals surface area (Å²) < 4.78 is -0.293. The van der Waals surface area contributed by atoms with Gasteiger partial charge in [-0.15, -0.1) is 0 Å². The number of hydrogen-bond acceptors (Lipinski definition) is 4. The Morgan fingerprint density at radius 1 is 1.12 bits per heavy atom. The van der Waals surface area contributed by atoms with Crippen LogP contribution in [0.1, 0.15) is 24.8 Å². The van der Waals surface area contributed by atoms with Crippen LogP contribution in [0.5, 0.6) is 0 Å². The molecule has 1 aliphatic rings. The third kappa shape index (κ3) is 5.31. The smallest absolute Gasteiger partial charge is 0.319 e. The Bertz CT molecular complexity index is 640. The first-order valence-corrected chi connectivity index (χ1v) is 9.64. The van der Waals surface area contributed by atoms with Gasteiger partial charge in [0.05, 0.1) is 4.92 Å². The van der Waals surface area contributed by atoms with Crippen molar-refractivity contribution in [1.82, 2.24) is 4.90 Å². The van der Waals surface area contributed by atoms with E-state index >= 15 is 0 Å². The fourth-order valence-electron chi connectivity index (χ4n) is 2.47. The lowest BCUT2D eigenvalue weighted by Gasteiger charge is -2.30. The third-order valence-electron chi connectivity index (χ3n) is 3.62. The monoisotopic (exact) mass is 406 g/mol. The van der Waals surface area contributed by atoms with E-state index in [0.717, 1.165) is 37.9 Å². The molecule has 1 heterocycles. The molecule has 0 atom stereocenters. The van der Waals surface area contributed by atoms with Crippen molar-refractivity contribution in [2.45, 2.75) is 25.0 Å². The van der Waals surface area contributed by atoms with E-state index in [-0.39, 0.29) is 15.2 Å². The van der Waals surface area contributed by atoms with Gasteiger partial charge in [-0.3, -0.25) is 10.1 Å². The summed E-state index contributed by atoms with van der Waals surface area (Å²) in [5.74, 6) is 0.605. The van der Waals surface area contributed by atoms with Gasteiger partial charge in [-0.1, -0.05) is 76.9 Å². The summed E-state index contributed by atoms with van der Waals surface area (Å²) in [5, 5.41) is 11.9. The highest BCUT2D eigenvalue weighted by Gasteiger charge is 2.30. The maximum atomic E-state index is 11.6. The maximum Gasteiger partial charge on any atom is 0.319 e. The van der Waals surface area contributed by atoms with E-state index in [1.165, 1.54) is 11.8 Å². The van der Waals surface area contributed by atoms with Crippen molar-refractivity contribution in [1.29, 1.82) is 0 Å². The van der Waals surface area contributed by atoms with Crippen molar-refractivity contribution in [2.24, 2.45) is 0 Å². The Labute approximate surface area is 160 Å². The highest BCUT2D eigenvalue weighted by Crippen LogP contribution is 2.36. The molecule has 0 N–H and O–H groups in total. The van der Waals surface area contributed by atoms with Gasteiger partial charge in [0.15, 0.2) is 10.1 Å². The van der Waals surface area contributed by atoms with Gasteiger partial charge in [0, 0.05) is 18.8 Å². The van der Waals surface area contributed by atoms with Crippen LogP contribution in [0.25, 0.3) is 0 Å². The predicted octanol–water partition coefficient (Wildman–Crippen LogP) is 5.74. The molecule has 24 heavy (non-hydrogen) atoms. The zero-order valence-electron chi connectivity index (χ0n) is 12.9. The second-order valence-electron chi connectivity index (χ2n) is 5.31. The van der Waals surface area contributed by atoms with Crippen LogP contribution in [0.15, 0.2) is 50.6 Å². The van der Waals surface area contributed by atoms with Crippen LogP contribution < -0.4 is 0 Å². The lowest BCUT2D eigenvalue weighted by molar-refractivity contribution is -0.421. The lowest BCUT2D eigenvalue weighted by Crippen LogP contribution is -2.30. The molecule has 0 amide bonds. The van der Waals surface area contributed by atoms with E-state index in [4.69, 9.17) is 34.8 Å². The topological polar surface area (TPSA) is 46.4 Å². The number of hydrogen-bond donors (Lipinski definition) is 0. The summed E-state index contributed by atoms with van der Waals surface area (Å²) in [6, 6.07) is 9.79. The first kappa shape index (κ1) is 19.4. The minimum absolute atomic E-state index is 0.218. The fourth-order valence-corrected chi connectivity index (χ4v) is 4.04. The van der Waals surface area contributed by atoms with E-state index < -0.39 is 4.92 Å². The van der Waals surface area contributed by atoms with Crippen molar-refractivity contribution >= 4 is 46.6 Å². The quantitative estimate of drug-likeness (QED) is 0.343. The van der Waals surface area contributed by atoms with E-state index in [1.54, 1.807) is 0 Å². The summed E-state index contributed by atoms with van der Waals surface area (Å²) in [7, 11) is 0. The number of allylic oxidation sites excluding steroid dienone is 1. The van der Waals surface area contributed by atoms with Crippen molar-refractivity contribution in [2.75, 3.05) is 13.1 Å². The number of nitrogens with zero attached hydrogens (tertiary/aromatic N) is 2. The molecule has 0 aliphatic carbocycles. The number of piperidine rings is 1. The first-order chi connectivity index (χ1) is 11.5. The highest BCUT2D eigenvalue weighted by molar-refractivity contribution is 8.02. The van der Waals surface area contributed by atoms with Crippen LogP contribution in [0, 0.1) is 10.1 Å². The van der Waals surface area contributed by atoms with E-state index in [2.05, 4.69) is 0 Å². The average molecular weight is 408 g/mol. The molecule has 1 saturated heterocycles. The molecular formula is C16H17Cl3N2O2S. The Morgan fingerprint density at radius 2 is 1.75 bits per heavy atom. The molecule has 8 heteroatoms. The number of halogens is 3. The minimum Gasteiger partial charge on any atom is -0.361 e. The Kier molecular flexibility index (Phi) is 7.75. The lowest BCUT2D eigenvalue weighted by atomic mass is 10.1. The maximum absolute atomic E-state index is 11.6. The fraction of sp³-hybridized carbons (Fsp3) is 0.375. The molecule has 0 bridgehead atoms. The molecule has 0 radical (unpaired) electrons. The van der Waals surface area contributed by atoms with Gasteiger partial charge in [0.2, 0.25) is 0 Å².